The van der Waals surface area contributed by atoms with Gasteiger partial charge in [0.25, 0.3) is 0 Å². The predicted molar refractivity (Wildman–Crippen MR) is 71.7 cm³/mol. The summed E-state index contributed by atoms with van der Waals surface area (Å²) < 4.78 is 0. The van der Waals surface area contributed by atoms with Gasteiger partial charge < -0.3 is 0 Å². The average Bonchev–Trinajstić information content (AvgIpc) is 3.13. The summed E-state index contributed by atoms with van der Waals surface area (Å²) >= 11 is 0. The molecule has 17 heavy (non-hydrogen) atoms. The van der Waals surface area contributed by atoms with E-state index in [9.17, 15) is 0 Å². The molecule has 0 heterocycles. The topological polar surface area (TPSA) is 0 Å². The number of fused-ring (bicyclic) bond motifs is 1. The number of allylic oxidation sites excluding steroid dienone is 2. The largest absolute Gasteiger partial charge is 0.0850 e. The Morgan fingerprint density at radius 1 is 1.06 bits per heavy atom. The quantitative estimate of drug-likeness (QED) is 0.586. The fourth-order valence-corrected chi connectivity index (χ4v) is 4.52. The summed E-state index contributed by atoms with van der Waals surface area (Å²) in [6.07, 6.45) is 17.8. The molecule has 3 saturated carbocycles. The highest BCUT2D eigenvalue weighted by Gasteiger charge is 2.42. The molecule has 0 N–H and O–H groups in total. The van der Waals surface area contributed by atoms with E-state index in [-0.39, 0.29) is 0 Å². The van der Waals surface area contributed by atoms with Crippen LogP contribution in [0.15, 0.2) is 11.6 Å². The van der Waals surface area contributed by atoms with Crippen molar-refractivity contribution in [1.82, 2.24) is 0 Å². The van der Waals surface area contributed by atoms with Crippen LogP contribution in [0.3, 0.4) is 0 Å². The van der Waals surface area contributed by atoms with Crippen molar-refractivity contribution in [2.24, 2.45) is 29.6 Å². The van der Waals surface area contributed by atoms with Crippen molar-refractivity contribution in [3.05, 3.63) is 11.6 Å². The van der Waals surface area contributed by atoms with Gasteiger partial charge in [0.15, 0.2) is 0 Å². The molecule has 4 rings (SSSR count). The van der Waals surface area contributed by atoms with Crippen LogP contribution in [-0.4, -0.2) is 0 Å². The Bertz CT molecular complexity index is 319. The molecule has 0 nitrogen and oxygen atoms in total. The minimum atomic E-state index is 1.06. The molecular weight excluding hydrogens is 204 g/mol. The standard InChI is InChI=1S/C17H26/c1-3-12(4-1)16(14-7-8-14)10-9-13-5-2-6-15-11-17(13)15/h5,12,14-17H,1-4,6-11H2. The van der Waals surface area contributed by atoms with E-state index >= 15 is 0 Å². The van der Waals surface area contributed by atoms with Crippen LogP contribution in [0.2, 0.25) is 0 Å². The van der Waals surface area contributed by atoms with Crippen LogP contribution in [-0.2, 0) is 0 Å². The zero-order chi connectivity index (χ0) is 11.2. The number of hydrogen-bond acceptors (Lipinski definition) is 0. The zero-order valence-electron chi connectivity index (χ0n) is 11.0. The van der Waals surface area contributed by atoms with Crippen LogP contribution in [0.4, 0.5) is 0 Å². The van der Waals surface area contributed by atoms with Crippen molar-refractivity contribution in [2.45, 2.75) is 64.2 Å². The van der Waals surface area contributed by atoms with E-state index in [1.165, 1.54) is 25.7 Å². The fraction of sp³-hybridized carbons (Fsp3) is 0.882. The molecule has 0 bridgehead atoms. The fourth-order valence-electron chi connectivity index (χ4n) is 4.52. The zero-order valence-corrected chi connectivity index (χ0v) is 11.0. The third kappa shape index (κ3) is 2.09. The molecule has 4 aliphatic carbocycles. The van der Waals surface area contributed by atoms with Gasteiger partial charge >= 0.3 is 0 Å². The molecule has 0 aromatic carbocycles. The maximum absolute atomic E-state index is 2.61. The first kappa shape index (κ1) is 10.6. The van der Waals surface area contributed by atoms with Gasteiger partial charge in [-0.2, -0.15) is 0 Å². The highest BCUT2D eigenvalue weighted by atomic mass is 14.5. The van der Waals surface area contributed by atoms with E-state index in [1.807, 2.05) is 5.57 Å². The third-order valence-corrected chi connectivity index (χ3v) is 6.09. The van der Waals surface area contributed by atoms with Gasteiger partial charge in [-0.05, 0) is 74.5 Å². The second-order valence-corrected chi connectivity index (χ2v) is 7.19. The van der Waals surface area contributed by atoms with E-state index in [1.54, 1.807) is 38.5 Å². The van der Waals surface area contributed by atoms with Crippen molar-refractivity contribution in [2.75, 3.05) is 0 Å². The van der Waals surface area contributed by atoms with Crippen molar-refractivity contribution >= 4 is 0 Å². The van der Waals surface area contributed by atoms with Crippen LogP contribution in [0, 0.1) is 29.6 Å². The Labute approximate surface area is 106 Å². The van der Waals surface area contributed by atoms with Crippen LogP contribution in [0.25, 0.3) is 0 Å². The summed E-state index contributed by atoms with van der Waals surface area (Å²) in [5.74, 6) is 5.60. The Balaban J connectivity index is 1.34. The SMILES string of the molecule is C1=C(CCC(C2CCC2)C2CC2)C2CC2CC1. The Morgan fingerprint density at radius 2 is 1.88 bits per heavy atom. The van der Waals surface area contributed by atoms with Crippen LogP contribution < -0.4 is 0 Å². The van der Waals surface area contributed by atoms with Crippen LogP contribution in [0.1, 0.15) is 64.2 Å². The maximum Gasteiger partial charge on any atom is -0.0172 e. The maximum atomic E-state index is 2.61. The second kappa shape index (κ2) is 4.14. The summed E-state index contributed by atoms with van der Waals surface area (Å²) in [4.78, 5) is 0. The lowest BCUT2D eigenvalue weighted by Gasteiger charge is -2.34. The predicted octanol–water partition coefficient (Wildman–Crippen LogP) is 4.95. The molecule has 4 aliphatic rings. The summed E-state index contributed by atoms with van der Waals surface area (Å²) in [5, 5.41) is 0. The second-order valence-electron chi connectivity index (χ2n) is 7.19. The first-order valence-corrected chi connectivity index (χ1v) is 8.11. The van der Waals surface area contributed by atoms with Gasteiger partial charge in [-0.3, -0.25) is 0 Å². The molecule has 94 valence electrons. The molecule has 3 atom stereocenters. The molecule has 0 aliphatic heterocycles. The monoisotopic (exact) mass is 230 g/mol. The first-order chi connectivity index (χ1) is 8.42. The summed E-state index contributed by atoms with van der Waals surface area (Å²) in [6, 6.07) is 0. The smallest absolute Gasteiger partial charge is 0.0172 e. The Hall–Kier alpha value is -0.260. The molecule has 0 heteroatoms. The minimum Gasteiger partial charge on any atom is -0.0850 e. The first-order valence-electron chi connectivity index (χ1n) is 8.11. The molecule has 0 saturated heterocycles. The van der Waals surface area contributed by atoms with E-state index in [0.717, 1.165) is 29.6 Å². The van der Waals surface area contributed by atoms with E-state index < -0.39 is 0 Å². The lowest BCUT2D eigenvalue weighted by Crippen LogP contribution is -2.23. The molecule has 3 fully saturated rings. The molecular formula is C17H26. The summed E-state index contributed by atoms with van der Waals surface area (Å²) in [7, 11) is 0. The summed E-state index contributed by atoms with van der Waals surface area (Å²) in [6.45, 7) is 0. The normalized spacial score (nSPS) is 38.0. The third-order valence-electron chi connectivity index (χ3n) is 6.09. The van der Waals surface area contributed by atoms with Gasteiger partial charge in [0.05, 0.1) is 0 Å². The lowest BCUT2D eigenvalue weighted by atomic mass is 9.71. The summed E-state index contributed by atoms with van der Waals surface area (Å²) in [5.41, 5.74) is 1.88. The molecule has 0 aromatic rings. The molecule has 0 radical (unpaired) electrons. The van der Waals surface area contributed by atoms with Gasteiger partial charge in [-0.25, -0.2) is 0 Å². The molecule has 0 spiro atoms. The molecule has 0 aromatic heterocycles. The van der Waals surface area contributed by atoms with Crippen molar-refractivity contribution < 1.29 is 0 Å². The van der Waals surface area contributed by atoms with E-state index in [2.05, 4.69) is 6.08 Å². The number of rotatable bonds is 5. The van der Waals surface area contributed by atoms with Gasteiger partial charge in [0.2, 0.25) is 0 Å². The van der Waals surface area contributed by atoms with Crippen molar-refractivity contribution in [3.8, 4) is 0 Å². The van der Waals surface area contributed by atoms with Crippen molar-refractivity contribution in [3.63, 3.8) is 0 Å². The van der Waals surface area contributed by atoms with Crippen LogP contribution in [0.5, 0.6) is 0 Å². The van der Waals surface area contributed by atoms with Gasteiger partial charge in [0.1, 0.15) is 0 Å². The Kier molecular flexibility index (Phi) is 2.59. The Morgan fingerprint density at radius 3 is 2.59 bits per heavy atom. The minimum absolute atomic E-state index is 1.06. The van der Waals surface area contributed by atoms with Gasteiger partial charge in [-0.1, -0.05) is 30.9 Å². The van der Waals surface area contributed by atoms with Gasteiger partial charge in [0, 0.05) is 0 Å². The molecule has 3 unspecified atom stereocenters. The van der Waals surface area contributed by atoms with E-state index in [4.69, 9.17) is 0 Å². The lowest BCUT2D eigenvalue weighted by molar-refractivity contribution is 0.173. The van der Waals surface area contributed by atoms with E-state index in [0.29, 0.717) is 0 Å². The average molecular weight is 230 g/mol. The van der Waals surface area contributed by atoms with Crippen LogP contribution >= 0.6 is 0 Å². The molecule has 0 amide bonds. The number of hydrogen-bond donors (Lipinski definition) is 0. The highest BCUT2D eigenvalue weighted by Crippen LogP contribution is 2.54. The highest BCUT2D eigenvalue weighted by molar-refractivity contribution is 5.19. The van der Waals surface area contributed by atoms with Gasteiger partial charge in [-0.15, -0.1) is 0 Å². The van der Waals surface area contributed by atoms with Crippen molar-refractivity contribution in [1.29, 1.82) is 0 Å².